The summed E-state index contributed by atoms with van der Waals surface area (Å²) in [6.45, 7) is 0.426. The number of methoxy groups -OCH3 is 1. The van der Waals surface area contributed by atoms with E-state index >= 15 is 0 Å². The largest absolute Gasteiger partial charge is 0.497 e. The summed E-state index contributed by atoms with van der Waals surface area (Å²) < 4.78 is 16.0. The molecule has 1 atom stereocenters. The van der Waals surface area contributed by atoms with Crippen molar-refractivity contribution in [2.24, 2.45) is 0 Å². The second-order valence-corrected chi connectivity index (χ2v) is 6.93. The predicted octanol–water partition coefficient (Wildman–Crippen LogP) is 4.09. The van der Waals surface area contributed by atoms with Crippen LogP contribution in [0, 0.1) is 11.3 Å². The molecule has 3 rings (SSSR count). The molecule has 6 nitrogen and oxygen atoms in total. The van der Waals surface area contributed by atoms with E-state index in [1.165, 1.54) is 11.3 Å². The van der Waals surface area contributed by atoms with E-state index in [1.807, 2.05) is 66.0 Å². The van der Waals surface area contributed by atoms with Crippen LogP contribution in [0.1, 0.15) is 10.9 Å². The van der Waals surface area contributed by atoms with E-state index in [9.17, 15) is 10.1 Å². The molecule has 0 amide bonds. The summed E-state index contributed by atoms with van der Waals surface area (Å²) in [6.07, 6.45) is 0. The molecule has 0 aliphatic rings. The first-order valence-corrected chi connectivity index (χ1v) is 9.87. The van der Waals surface area contributed by atoms with E-state index in [0.717, 1.165) is 22.8 Å². The molecule has 0 radical (unpaired) electrons. The minimum Gasteiger partial charge on any atom is -0.497 e. The number of ether oxygens (including phenoxy) is 3. The van der Waals surface area contributed by atoms with E-state index in [1.54, 1.807) is 7.11 Å². The molecule has 1 heterocycles. The summed E-state index contributed by atoms with van der Waals surface area (Å²) in [5.74, 6) is 0.235. The number of rotatable bonds is 10. The lowest BCUT2D eigenvalue weighted by Gasteiger charge is -2.08. The van der Waals surface area contributed by atoms with Crippen LogP contribution in [-0.4, -0.2) is 37.7 Å². The van der Waals surface area contributed by atoms with Crippen LogP contribution in [0.25, 0.3) is 11.3 Å². The van der Waals surface area contributed by atoms with Crippen LogP contribution in [-0.2, 0) is 9.53 Å². The minimum absolute atomic E-state index is 0.159. The Morgan fingerprint density at radius 3 is 2.55 bits per heavy atom. The summed E-state index contributed by atoms with van der Waals surface area (Å²) in [5, 5.41) is 11.8. The normalized spacial score (nSPS) is 11.4. The van der Waals surface area contributed by atoms with Crippen molar-refractivity contribution in [1.82, 2.24) is 4.98 Å². The fourth-order valence-electron chi connectivity index (χ4n) is 2.57. The molecule has 29 heavy (non-hydrogen) atoms. The Morgan fingerprint density at radius 2 is 1.86 bits per heavy atom. The smallest absolute Gasteiger partial charge is 0.182 e. The van der Waals surface area contributed by atoms with Crippen molar-refractivity contribution in [3.63, 3.8) is 0 Å². The highest BCUT2D eigenvalue weighted by Gasteiger charge is 2.24. The fourth-order valence-corrected chi connectivity index (χ4v) is 3.46. The molecule has 0 N–H and O–H groups in total. The van der Waals surface area contributed by atoms with Crippen molar-refractivity contribution in [3.05, 3.63) is 65.0 Å². The molecule has 0 fully saturated rings. The third kappa shape index (κ3) is 5.64. The summed E-state index contributed by atoms with van der Waals surface area (Å²) >= 11 is 1.29. The van der Waals surface area contributed by atoms with Crippen molar-refractivity contribution >= 4 is 17.1 Å². The molecule has 0 saturated heterocycles. The molecule has 0 aliphatic carbocycles. The molecule has 7 heteroatoms. The Balaban J connectivity index is 1.51. The summed E-state index contributed by atoms with van der Waals surface area (Å²) in [5.41, 5.74) is 1.62. The van der Waals surface area contributed by atoms with E-state index < -0.39 is 5.92 Å². The minimum atomic E-state index is -0.943. The van der Waals surface area contributed by atoms with Gasteiger partial charge in [0.2, 0.25) is 0 Å². The van der Waals surface area contributed by atoms with E-state index in [0.29, 0.717) is 11.6 Å². The summed E-state index contributed by atoms with van der Waals surface area (Å²) in [4.78, 5) is 16.9. The second-order valence-electron chi connectivity index (χ2n) is 6.04. The van der Waals surface area contributed by atoms with Gasteiger partial charge >= 0.3 is 0 Å². The topological polar surface area (TPSA) is 81.4 Å². The molecule has 0 aliphatic heterocycles. The number of nitrogens with zero attached hydrogens (tertiary/aromatic N) is 2. The highest BCUT2D eigenvalue weighted by atomic mass is 32.1. The lowest BCUT2D eigenvalue weighted by atomic mass is 10.1. The Kier molecular flexibility index (Phi) is 7.34. The van der Waals surface area contributed by atoms with Gasteiger partial charge in [0.05, 0.1) is 25.5 Å². The van der Waals surface area contributed by atoms with E-state index in [2.05, 4.69) is 4.98 Å². The van der Waals surface area contributed by atoms with Crippen molar-refractivity contribution in [3.8, 4) is 28.8 Å². The zero-order valence-corrected chi connectivity index (χ0v) is 16.7. The van der Waals surface area contributed by atoms with Gasteiger partial charge in [-0.1, -0.05) is 18.2 Å². The third-order valence-electron chi connectivity index (χ3n) is 4.09. The van der Waals surface area contributed by atoms with Gasteiger partial charge in [0.1, 0.15) is 29.7 Å². The van der Waals surface area contributed by atoms with Gasteiger partial charge in [0.25, 0.3) is 0 Å². The maximum atomic E-state index is 12.4. The molecule has 3 aromatic rings. The van der Waals surface area contributed by atoms with Crippen LogP contribution in [0.5, 0.6) is 11.5 Å². The maximum absolute atomic E-state index is 12.4. The molecular formula is C22H20N2O4S. The number of benzene rings is 2. The number of hydrogen-bond acceptors (Lipinski definition) is 7. The van der Waals surface area contributed by atoms with Crippen LogP contribution >= 0.6 is 11.3 Å². The van der Waals surface area contributed by atoms with E-state index in [4.69, 9.17) is 14.2 Å². The number of ketones is 1. The Hall–Kier alpha value is -3.21. The van der Waals surface area contributed by atoms with Crippen LogP contribution in [0.15, 0.2) is 60.0 Å². The predicted molar refractivity (Wildman–Crippen MR) is 110 cm³/mol. The Labute approximate surface area is 173 Å². The Morgan fingerprint density at radius 1 is 1.10 bits per heavy atom. The van der Waals surface area contributed by atoms with Crippen molar-refractivity contribution in [2.45, 2.75) is 5.92 Å². The number of carbonyl (C=O) groups excluding carboxylic acids is 1. The van der Waals surface area contributed by atoms with E-state index in [-0.39, 0.29) is 19.0 Å². The molecule has 0 bridgehead atoms. The Bertz CT molecular complexity index is 964. The molecule has 2 aromatic carbocycles. The first kappa shape index (κ1) is 20.5. The number of hydrogen-bond donors (Lipinski definition) is 0. The molecule has 1 aromatic heterocycles. The third-order valence-corrected chi connectivity index (χ3v) is 5.00. The molecular weight excluding hydrogens is 388 g/mol. The van der Waals surface area contributed by atoms with Crippen molar-refractivity contribution in [2.75, 3.05) is 26.9 Å². The van der Waals surface area contributed by atoms with Gasteiger partial charge in [0.15, 0.2) is 11.7 Å². The second kappa shape index (κ2) is 10.4. The SMILES string of the molecule is COc1ccc(-c2csc(C(C#N)C(=O)COCCOc3ccccc3)n2)cc1. The number of para-hydroxylation sites is 1. The van der Waals surface area contributed by atoms with Gasteiger partial charge in [0, 0.05) is 10.9 Å². The van der Waals surface area contributed by atoms with Gasteiger partial charge in [-0.3, -0.25) is 4.79 Å². The lowest BCUT2D eigenvalue weighted by molar-refractivity contribution is -0.124. The maximum Gasteiger partial charge on any atom is 0.182 e. The van der Waals surface area contributed by atoms with Crippen molar-refractivity contribution < 1.29 is 19.0 Å². The van der Waals surface area contributed by atoms with Gasteiger partial charge in [-0.05, 0) is 36.4 Å². The fraction of sp³-hybridized carbons (Fsp3) is 0.227. The van der Waals surface area contributed by atoms with Crippen LogP contribution in [0.2, 0.25) is 0 Å². The average Bonchev–Trinajstić information content (AvgIpc) is 3.24. The van der Waals surface area contributed by atoms with Crippen LogP contribution in [0.4, 0.5) is 0 Å². The monoisotopic (exact) mass is 408 g/mol. The molecule has 0 saturated carbocycles. The number of thiazole rings is 1. The molecule has 0 spiro atoms. The first-order valence-electron chi connectivity index (χ1n) is 8.99. The molecule has 1 unspecified atom stereocenters. The highest BCUT2D eigenvalue weighted by molar-refractivity contribution is 7.10. The summed E-state index contributed by atoms with van der Waals surface area (Å²) in [7, 11) is 1.61. The van der Waals surface area contributed by atoms with Crippen molar-refractivity contribution in [1.29, 1.82) is 5.26 Å². The lowest BCUT2D eigenvalue weighted by Crippen LogP contribution is -2.19. The standard InChI is InChI=1S/C22H20N2O4S/c1-26-17-9-7-16(8-10-17)20-15-29-22(24-20)19(13-23)21(25)14-27-11-12-28-18-5-3-2-4-6-18/h2-10,15,19H,11-12,14H2,1H3. The number of carbonyl (C=O) groups is 1. The zero-order valence-electron chi connectivity index (χ0n) is 15.9. The van der Waals surface area contributed by atoms with Crippen LogP contribution in [0.3, 0.4) is 0 Å². The van der Waals surface area contributed by atoms with Gasteiger partial charge in [-0.25, -0.2) is 4.98 Å². The van der Waals surface area contributed by atoms with Crippen LogP contribution < -0.4 is 9.47 Å². The van der Waals surface area contributed by atoms with Gasteiger partial charge < -0.3 is 14.2 Å². The number of Topliss-reactive ketones (excluding diaryl/α,β-unsaturated/α-hetero) is 1. The quantitative estimate of drug-likeness (QED) is 0.470. The summed E-state index contributed by atoms with van der Waals surface area (Å²) in [6, 6.07) is 18.8. The number of nitriles is 1. The zero-order chi connectivity index (χ0) is 20.5. The molecule has 148 valence electrons. The highest BCUT2D eigenvalue weighted by Crippen LogP contribution is 2.28. The van der Waals surface area contributed by atoms with Gasteiger partial charge in [-0.15, -0.1) is 11.3 Å². The first-order chi connectivity index (χ1) is 14.2. The average molecular weight is 408 g/mol. The van der Waals surface area contributed by atoms with Gasteiger partial charge in [-0.2, -0.15) is 5.26 Å². The number of aromatic nitrogens is 1.